The van der Waals surface area contributed by atoms with Gasteiger partial charge in [0, 0.05) is 21.6 Å². The van der Waals surface area contributed by atoms with Crippen LogP contribution in [-0.2, 0) is 0 Å². The molecule has 1 saturated carbocycles. The van der Waals surface area contributed by atoms with Gasteiger partial charge in [-0.1, -0.05) is 31.9 Å². The third-order valence-electron chi connectivity index (χ3n) is 3.44. The van der Waals surface area contributed by atoms with Crippen LogP contribution in [0, 0.1) is 5.92 Å². The van der Waals surface area contributed by atoms with E-state index in [1.54, 1.807) is 5.32 Å². The highest BCUT2D eigenvalue weighted by molar-refractivity contribution is 9.10. The Morgan fingerprint density at radius 3 is 1.71 bits per heavy atom. The minimum atomic E-state index is -5.36. The maximum absolute atomic E-state index is 12.9. The van der Waals surface area contributed by atoms with E-state index in [9.17, 15) is 26.3 Å². The van der Waals surface area contributed by atoms with Gasteiger partial charge in [0.05, 0.1) is 0 Å². The number of hydrogen-bond acceptors (Lipinski definition) is 1. The van der Waals surface area contributed by atoms with E-state index in [0.29, 0.717) is 0 Å². The number of fused-ring (bicyclic) bond motifs is 2. The van der Waals surface area contributed by atoms with Gasteiger partial charge in [0.15, 0.2) is 0 Å². The number of halogens is 8. The van der Waals surface area contributed by atoms with Crippen molar-refractivity contribution in [3.05, 3.63) is 0 Å². The Bertz CT molecular complexity index is 313. The number of rotatable bonds is 0. The first-order valence-corrected chi connectivity index (χ1v) is 6.55. The van der Waals surface area contributed by atoms with Crippen molar-refractivity contribution < 1.29 is 26.3 Å². The predicted molar refractivity (Wildman–Crippen MR) is 55.3 cm³/mol. The van der Waals surface area contributed by atoms with E-state index in [1.165, 1.54) is 0 Å². The van der Waals surface area contributed by atoms with Gasteiger partial charge in [0.25, 0.3) is 0 Å². The first kappa shape index (κ1) is 13.9. The van der Waals surface area contributed by atoms with Crippen molar-refractivity contribution in [3.63, 3.8) is 0 Å². The van der Waals surface area contributed by atoms with Crippen LogP contribution in [0.25, 0.3) is 0 Å². The summed E-state index contributed by atoms with van der Waals surface area (Å²) in [4.78, 5) is -1.22. The SMILES string of the molecule is FC(F)(F)C1(C(F)(F)F)N[C@@H]2[C@H](Br)[C@@H]1C[C@@H]2Br. The Hall–Kier alpha value is 0.500. The summed E-state index contributed by atoms with van der Waals surface area (Å²) in [5.74, 6) is -1.54. The summed E-state index contributed by atoms with van der Waals surface area (Å²) >= 11 is 6.03. The van der Waals surface area contributed by atoms with Crippen molar-refractivity contribution in [2.75, 3.05) is 0 Å². The summed E-state index contributed by atoms with van der Waals surface area (Å²) in [7, 11) is 0. The molecule has 0 amide bonds. The molecule has 2 rings (SSSR count). The van der Waals surface area contributed by atoms with Gasteiger partial charge in [0.1, 0.15) is 0 Å². The van der Waals surface area contributed by atoms with Crippen LogP contribution in [0.3, 0.4) is 0 Å². The van der Waals surface area contributed by atoms with Crippen LogP contribution < -0.4 is 5.32 Å². The molecule has 1 N–H and O–H groups in total. The van der Waals surface area contributed by atoms with E-state index in [0.717, 1.165) is 0 Å². The zero-order valence-corrected chi connectivity index (χ0v) is 11.2. The second kappa shape index (κ2) is 3.75. The third-order valence-corrected chi connectivity index (χ3v) is 5.59. The van der Waals surface area contributed by atoms with Gasteiger partial charge in [-0.3, -0.25) is 5.32 Å². The molecule has 0 unspecified atom stereocenters. The second-order valence-electron chi connectivity index (χ2n) is 4.28. The summed E-state index contributed by atoms with van der Waals surface area (Å²) in [6.45, 7) is 0. The topological polar surface area (TPSA) is 12.0 Å². The molecule has 2 fully saturated rings. The molecular formula is C8H7Br2F6N. The van der Waals surface area contributed by atoms with Crippen molar-refractivity contribution in [1.82, 2.24) is 5.32 Å². The Labute approximate surface area is 110 Å². The molecule has 9 heteroatoms. The van der Waals surface area contributed by atoms with Crippen LogP contribution in [-0.4, -0.2) is 33.6 Å². The molecule has 17 heavy (non-hydrogen) atoms. The van der Waals surface area contributed by atoms with E-state index >= 15 is 0 Å². The fraction of sp³-hybridized carbons (Fsp3) is 1.00. The molecule has 4 atom stereocenters. The predicted octanol–water partition coefficient (Wildman–Crippen LogP) is 3.37. The van der Waals surface area contributed by atoms with Crippen LogP contribution in [0.1, 0.15) is 6.42 Å². The van der Waals surface area contributed by atoms with Crippen LogP contribution in [0.2, 0.25) is 0 Å². The molecule has 0 aromatic heterocycles. The first-order chi connectivity index (χ1) is 7.52. The zero-order chi connectivity index (χ0) is 13.2. The molecule has 0 aromatic carbocycles. The van der Waals surface area contributed by atoms with Gasteiger partial charge in [0.2, 0.25) is 5.54 Å². The highest BCUT2D eigenvalue weighted by Gasteiger charge is 2.81. The number of piperidine rings is 1. The number of hydrogen-bond donors (Lipinski definition) is 1. The molecule has 2 aliphatic rings. The smallest absolute Gasteiger partial charge is 0.291 e. The Morgan fingerprint density at radius 1 is 1.00 bits per heavy atom. The largest absolute Gasteiger partial charge is 0.415 e. The average Bonchev–Trinajstić information content (AvgIpc) is 2.53. The Balaban J connectivity index is 2.48. The second-order valence-corrected chi connectivity index (χ2v) is 6.51. The van der Waals surface area contributed by atoms with Gasteiger partial charge >= 0.3 is 12.4 Å². The summed E-state index contributed by atoms with van der Waals surface area (Å²) in [5.41, 5.74) is -3.79. The molecule has 1 aliphatic carbocycles. The normalized spacial score (nSPS) is 40.9. The standard InChI is InChI=1S/C8H7Br2F6N/c9-3-1-2-4(10)5(3)17-6(2,7(11,12)13)8(14,15)16/h2-5,17H,1H2/t2-,3-,4+,5-/m0/s1. The highest BCUT2D eigenvalue weighted by Crippen LogP contribution is 2.59. The maximum Gasteiger partial charge on any atom is 0.415 e. The first-order valence-electron chi connectivity index (χ1n) is 4.71. The van der Waals surface area contributed by atoms with E-state index in [2.05, 4.69) is 31.9 Å². The quantitative estimate of drug-likeness (QED) is 0.494. The van der Waals surface area contributed by atoms with Crippen LogP contribution in [0.5, 0.6) is 0 Å². The summed E-state index contributed by atoms with van der Waals surface area (Å²) in [6, 6.07) is -0.872. The molecule has 1 nitrogen and oxygen atoms in total. The molecule has 0 radical (unpaired) electrons. The lowest BCUT2D eigenvalue weighted by molar-refractivity contribution is -0.318. The molecule has 2 bridgehead atoms. The molecule has 100 valence electrons. The van der Waals surface area contributed by atoms with Crippen molar-refractivity contribution in [1.29, 1.82) is 0 Å². The number of alkyl halides is 8. The van der Waals surface area contributed by atoms with E-state index < -0.39 is 34.7 Å². The van der Waals surface area contributed by atoms with Crippen LogP contribution >= 0.6 is 31.9 Å². The van der Waals surface area contributed by atoms with Crippen molar-refractivity contribution in [3.8, 4) is 0 Å². The lowest BCUT2D eigenvalue weighted by atomic mass is 9.82. The number of nitrogens with one attached hydrogen (secondary N) is 1. The lowest BCUT2D eigenvalue weighted by Crippen LogP contribution is -2.70. The fourth-order valence-electron chi connectivity index (χ4n) is 2.67. The fourth-order valence-corrected chi connectivity index (χ4v) is 5.06. The van der Waals surface area contributed by atoms with Gasteiger partial charge in [-0.25, -0.2) is 0 Å². The minimum absolute atomic E-state index is 0.160. The van der Waals surface area contributed by atoms with Crippen molar-refractivity contribution in [2.45, 2.75) is 40.0 Å². The van der Waals surface area contributed by atoms with Gasteiger partial charge in [-0.15, -0.1) is 0 Å². The van der Waals surface area contributed by atoms with E-state index in [-0.39, 0.29) is 11.2 Å². The molecule has 1 aliphatic heterocycles. The molecule has 1 saturated heterocycles. The summed E-state index contributed by atoms with van der Waals surface area (Å²) < 4.78 is 77.1. The highest BCUT2D eigenvalue weighted by atomic mass is 79.9. The van der Waals surface area contributed by atoms with Crippen molar-refractivity contribution >= 4 is 31.9 Å². The lowest BCUT2D eigenvalue weighted by Gasteiger charge is -2.41. The molecule has 0 spiro atoms. The van der Waals surface area contributed by atoms with Crippen LogP contribution in [0.15, 0.2) is 0 Å². The summed E-state index contributed by atoms with van der Waals surface area (Å²) in [5, 5.41) is 1.74. The van der Waals surface area contributed by atoms with E-state index in [4.69, 9.17) is 0 Å². The zero-order valence-electron chi connectivity index (χ0n) is 8.04. The third kappa shape index (κ3) is 1.68. The van der Waals surface area contributed by atoms with E-state index in [1.807, 2.05) is 0 Å². The van der Waals surface area contributed by atoms with Crippen LogP contribution in [0.4, 0.5) is 26.3 Å². The van der Waals surface area contributed by atoms with Crippen molar-refractivity contribution in [2.24, 2.45) is 5.92 Å². The summed E-state index contributed by atoms with van der Waals surface area (Å²) in [6.07, 6.45) is -10.9. The maximum atomic E-state index is 12.9. The minimum Gasteiger partial charge on any atom is -0.291 e. The molecular weight excluding hydrogens is 384 g/mol. The monoisotopic (exact) mass is 389 g/mol. The van der Waals surface area contributed by atoms with Gasteiger partial charge in [-0.2, -0.15) is 26.3 Å². The molecule has 0 aromatic rings. The Morgan fingerprint density at radius 2 is 1.47 bits per heavy atom. The van der Waals surface area contributed by atoms with Gasteiger partial charge < -0.3 is 0 Å². The molecule has 1 heterocycles. The Kier molecular flexibility index (Phi) is 3.07. The van der Waals surface area contributed by atoms with Gasteiger partial charge in [-0.05, 0) is 6.42 Å². The average molecular weight is 391 g/mol.